The van der Waals surface area contributed by atoms with E-state index in [-0.39, 0.29) is 0 Å². The van der Waals surface area contributed by atoms with Crippen LogP contribution in [0.1, 0.15) is 26.7 Å². The van der Waals surface area contributed by atoms with Crippen LogP contribution >= 0.6 is 0 Å². The van der Waals surface area contributed by atoms with Crippen LogP contribution < -0.4 is 0 Å². The van der Waals surface area contributed by atoms with Gasteiger partial charge in [-0.1, -0.05) is 19.9 Å². The molecule has 0 saturated carbocycles. The quantitative estimate of drug-likeness (QED) is 0.528. The first-order valence-electron chi connectivity index (χ1n) is 3.29. The Hall–Kier alpha value is -0.590. The van der Waals surface area contributed by atoms with E-state index in [0.717, 1.165) is 0 Å². The van der Waals surface area contributed by atoms with E-state index in [1.54, 1.807) is 6.08 Å². The Morgan fingerprint density at radius 1 is 1.67 bits per heavy atom. The third-order valence-electron chi connectivity index (χ3n) is 1.01. The molecule has 0 heterocycles. The maximum absolute atomic E-state index is 10.8. The van der Waals surface area contributed by atoms with Gasteiger partial charge in [-0.3, -0.25) is 4.79 Å². The minimum absolute atomic E-state index is 0.292. The van der Waals surface area contributed by atoms with Crippen LogP contribution in [0.4, 0.5) is 0 Å². The van der Waals surface area contributed by atoms with E-state index >= 15 is 0 Å². The smallest absolute Gasteiger partial charge is 0.136 e. The second kappa shape index (κ2) is 4.30. The van der Waals surface area contributed by atoms with Gasteiger partial charge in [-0.25, -0.2) is 0 Å². The van der Waals surface area contributed by atoms with E-state index in [2.05, 4.69) is 6.58 Å². The van der Waals surface area contributed by atoms with Crippen LogP contribution in [0.25, 0.3) is 0 Å². The largest absolute Gasteiger partial charge is 0.299 e. The lowest BCUT2D eigenvalue weighted by Crippen LogP contribution is -2.00. The molecule has 0 aliphatic carbocycles. The van der Waals surface area contributed by atoms with Crippen LogP contribution in [0, 0.1) is 5.92 Å². The molecule has 0 unspecified atom stereocenters. The summed E-state index contributed by atoms with van der Waals surface area (Å²) in [5.41, 5.74) is 0. The number of rotatable bonds is 4. The normalized spacial score (nSPS) is 9.67. The maximum Gasteiger partial charge on any atom is 0.136 e. The van der Waals surface area contributed by atoms with Gasteiger partial charge in [0.15, 0.2) is 0 Å². The van der Waals surface area contributed by atoms with E-state index in [0.29, 0.717) is 24.5 Å². The highest BCUT2D eigenvalue weighted by molar-refractivity contribution is 5.79. The molecular formula is C8H14O. The van der Waals surface area contributed by atoms with Crippen molar-refractivity contribution in [1.29, 1.82) is 0 Å². The van der Waals surface area contributed by atoms with Crippen LogP contribution in [0.3, 0.4) is 0 Å². The first-order chi connectivity index (χ1) is 4.16. The van der Waals surface area contributed by atoms with Gasteiger partial charge in [0.25, 0.3) is 0 Å². The van der Waals surface area contributed by atoms with Crippen molar-refractivity contribution in [3.05, 3.63) is 12.7 Å². The summed E-state index contributed by atoms with van der Waals surface area (Å²) in [5.74, 6) is 0.775. The molecule has 0 aliphatic rings. The summed E-state index contributed by atoms with van der Waals surface area (Å²) in [7, 11) is 0. The Labute approximate surface area is 56.8 Å². The van der Waals surface area contributed by atoms with E-state index in [9.17, 15) is 4.79 Å². The van der Waals surface area contributed by atoms with Gasteiger partial charge in [0, 0.05) is 12.8 Å². The minimum Gasteiger partial charge on any atom is -0.299 e. The highest BCUT2D eigenvalue weighted by Crippen LogP contribution is 2.01. The van der Waals surface area contributed by atoms with Crippen molar-refractivity contribution in [2.45, 2.75) is 26.7 Å². The predicted molar refractivity (Wildman–Crippen MR) is 39.3 cm³/mol. The zero-order valence-corrected chi connectivity index (χ0v) is 6.18. The number of carbonyl (C=O) groups excluding carboxylic acids is 1. The molecule has 0 bridgehead atoms. The molecule has 52 valence electrons. The van der Waals surface area contributed by atoms with Crippen molar-refractivity contribution < 1.29 is 4.79 Å². The number of Topliss-reactive ketones (excluding diaryl/α,β-unsaturated/α-hetero) is 1. The number of hydrogen-bond donors (Lipinski definition) is 0. The van der Waals surface area contributed by atoms with Crippen LogP contribution in [0.15, 0.2) is 12.7 Å². The summed E-state index contributed by atoms with van der Waals surface area (Å²) >= 11 is 0. The third-order valence-corrected chi connectivity index (χ3v) is 1.01. The second-order valence-corrected chi connectivity index (χ2v) is 2.63. The second-order valence-electron chi connectivity index (χ2n) is 2.63. The van der Waals surface area contributed by atoms with Crippen LogP contribution in [-0.2, 0) is 4.79 Å². The van der Waals surface area contributed by atoms with Gasteiger partial charge in [0.2, 0.25) is 0 Å². The number of ketones is 1. The molecule has 0 atom stereocenters. The molecule has 0 aliphatic heterocycles. The van der Waals surface area contributed by atoms with Crippen molar-refractivity contribution in [3.63, 3.8) is 0 Å². The summed E-state index contributed by atoms with van der Waals surface area (Å²) in [4.78, 5) is 10.8. The molecule has 0 saturated heterocycles. The molecule has 0 spiro atoms. The Balaban J connectivity index is 3.38. The van der Waals surface area contributed by atoms with E-state index in [1.807, 2.05) is 13.8 Å². The van der Waals surface area contributed by atoms with Crippen molar-refractivity contribution in [2.75, 3.05) is 0 Å². The highest BCUT2D eigenvalue weighted by atomic mass is 16.1. The van der Waals surface area contributed by atoms with E-state index in [4.69, 9.17) is 0 Å². The number of allylic oxidation sites excluding steroid dienone is 1. The first-order valence-corrected chi connectivity index (χ1v) is 3.29. The summed E-state index contributed by atoms with van der Waals surface area (Å²) < 4.78 is 0. The van der Waals surface area contributed by atoms with Gasteiger partial charge >= 0.3 is 0 Å². The fourth-order valence-corrected chi connectivity index (χ4v) is 0.700. The monoisotopic (exact) mass is 126 g/mol. The minimum atomic E-state index is 0.292. The van der Waals surface area contributed by atoms with Crippen molar-refractivity contribution in [1.82, 2.24) is 0 Å². The Kier molecular flexibility index (Phi) is 4.02. The topological polar surface area (TPSA) is 17.1 Å². The molecule has 0 fully saturated rings. The number of hydrogen-bond acceptors (Lipinski definition) is 1. The van der Waals surface area contributed by atoms with E-state index in [1.165, 1.54) is 0 Å². The molecule has 9 heavy (non-hydrogen) atoms. The number of carbonyl (C=O) groups is 1. The molecule has 0 amide bonds. The van der Waals surface area contributed by atoms with Crippen LogP contribution in [0.2, 0.25) is 0 Å². The lowest BCUT2D eigenvalue weighted by atomic mass is 10.1. The van der Waals surface area contributed by atoms with Gasteiger partial charge < -0.3 is 0 Å². The molecule has 0 aromatic heterocycles. The van der Waals surface area contributed by atoms with Crippen molar-refractivity contribution in [3.8, 4) is 0 Å². The lowest BCUT2D eigenvalue weighted by molar-refractivity contribution is -0.118. The maximum atomic E-state index is 10.8. The average Bonchev–Trinajstić information content (AvgIpc) is 1.63. The lowest BCUT2D eigenvalue weighted by Gasteiger charge is -1.99. The van der Waals surface area contributed by atoms with Gasteiger partial charge in [-0.2, -0.15) is 0 Å². The standard InChI is InChI=1S/C8H14O/c1-4-5-8(9)6-7(2)3/h4,7H,1,5-6H2,2-3H3. The van der Waals surface area contributed by atoms with Crippen LogP contribution in [-0.4, -0.2) is 5.78 Å². The zero-order valence-electron chi connectivity index (χ0n) is 6.18. The Bertz CT molecular complexity index is 103. The predicted octanol–water partition coefficient (Wildman–Crippen LogP) is 2.18. The summed E-state index contributed by atoms with van der Waals surface area (Å²) in [6.07, 6.45) is 2.87. The van der Waals surface area contributed by atoms with Crippen LogP contribution in [0.5, 0.6) is 0 Å². The van der Waals surface area contributed by atoms with Gasteiger partial charge in [0.05, 0.1) is 0 Å². The Morgan fingerprint density at radius 3 is 2.56 bits per heavy atom. The van der Waals surface area contributed by atoms with Crippen molar-refractivity contribution >= 4 is 5.78 Å². The molecule has 1 nitrogen and oxygen atoms in total. The van der Waals surface area contributed by atoms with E-state index < -0.39 is 0 Å². The first kappa shape index (κ1) is 8.41. The Morgan fingerprint density at radius 2 is 2.22 bits per heavy atom. The average molecular weight is 126 g/mol. The molecule has 0 aromatic carbocycles. The summed E-state index contributed by atoms with van der Waals surface area (Å²) in [6.45, 7) is 7.57. The van der Waals surface area contributed by atoms with Gasteiger partial charge in [-0.15, -0.1) is 6.58 Å². The van der Waals surface area contributed by atoms with Crippen molar-refractivity contribution in [2.24, 2.45) is 5.92 Å². The fourth-order valence-electron chi connectivity index (χ4n) is 0.700. The third kappa shape index (κ3) is 5.28. The molecule has 0 N–H and O–H groups in total. The molecule has 0 aromatic rings. The molecular weight excluding hydrogens is 112 g/mol. The highest BCUT2D eigenvalue weighted by Gasteiger charge is 2.00. The van der Waals surface area contributed by atoms with Gasteiger partial charge in [0.1, 0.15) is 5.78 Å². The SMILES string of the molecule is C=CCC(=O)CC(C)C. The summed E-state index contributed by atoms with van der Waals surface area (Å²) in [5, 5.41) is 0. The fraction of sp³-hybridized carbons (Fsp3) is 0.625. The molecule has 1 heteroatoms. The zero-order chi connectivity index (χ0) is 7.28. The molecule has 0 rings (SSSR count). The summed E-state index contributed by atoms with van der Waals surface area (Å²) in [6, 6.07) is 0. The van der Waals surface area contributed by atoms with Gasteiger partial charge in [-0.05, 0) is 5.92 Å². The molecule has 0 radical (unpaired) electrons.